The molecule has 0 unspecified atom stereocenters. The van der Waals surface area contributed by atoms with Crippen LogP contribution in [0.2, 0.25) is 0 Å². The Morgan fingerprint density at radius 2 is 1.88 bits per heavy atom. The van der Waals surface area contributed by atoms with Crippen LogP contribution in [0.15, 0.2) is 46.7 Å². The maximum absolute atomic E-state index is 12.3. The van der Waals surface area contributed by atoms with Crippen LogP contribution in [0.5, 0.6) is 11.5 Å². The number of ketones is 1. The number of hydrogen-bond acceptors (Lipinski definition) is 8. The standard InChI is InChI=1S/C24H29N3O5/c1-15(26-29-4)17-10-18-12-24(2,3)32-23(18)21(11-17)31-14-16-8-6-7-9-19(16)22(27-30-5)20(28)13-25/h6-11H,12-14,25H2,1-5H3. The molecule has 0 fully saturated rings. The molecule has 2 aromatic carbocycles. The first kappa shape index (κ1) is 23.3. The van der Waals surface area contributed by atoms with E-state index in [0.29, 0.717) is 17.1 Å². The van der Waals surface area contributed by atoms with Gasteiger partial charge in [0.1, 0.15) is 26.4 Å². The first-order chi connectivity index (χ1) is 15.3. The molecule has 0 atom stereocenters. The normalized spacial score (nSPS) is 15.1. The maximum Gasteiger partial charge on any atom is 0.198 e. The van der Waals surface area contributed by atoms with Gasteiger partial charge in [-0.15, -0.1) is 0 Å². The lowest BCUT2D eigenvalue weighted by molar-refractivity contribution is -0.111. The minimum absolute atomic E-state index is 0.161. The van der Waals surface area contributed by atoms with Crippen molar-refractivity contribution in [1.29, 1.82) is 0 Å². The van der Waals surface area contributed by atoms with Crippen molar-refractivity contribution in [1.82, 2.24) is 0 Å². The second-order valence-electron chi connectivity index (χ2n) is 8.06. The Balaban J connectivity index is 1.97. The molecule has 2 N–H and O–H groups in total. The predicted octanol–water partition coefficient (Wildman–Crippen LogP) is 3.23. The molecule has 8 nitrogen and oxygen atoms in total. The summed E-state index contributed by atoms with van der Waals surface area (Å²) in [7, 11) is 2.90. The molecule has 0 aliphatic carbocycles. The van der Waals surface area contributed by atoms with Crippen molar-refractivity contribution in [2.24, 2.45) is 16.0 Å². The summed E-state index contributed by atoms with van der Waals surface area (Å²) in [6.45, 7) is 5.96. The number of benzene rings is 2. The summed E-state index contributed by atoms with van der Waals surface area (Å²) in [5.41, 5.74) is 9.41. The minimum atomic E-state index is -0.338. The molecule has 170 valence electrons. The Morgan fingerprint density at radius 1 is 1.16 bits per heavy atom. The molecule has 8 heteroatoms. The van der Waals surface area contributed by atoms with Crippen molar-refractivity contribution < 1.29 is 23.9 Å². The second kappa shape index (κ2) is 9.82. The molecule has 1 aliphatic heterocycles. The third-order valence-electron chi connectivity index (χ3n) is 5.06. The fraction of sp³-hybridized carbons (Fsp3) is 0.375. The summed E-state index contributed by atoms with van der Waals surface area (Å²) in [5.74, 6) is 0.989. The highest BCUT2D eigenvalue weighted by Gasteiger charge is 2.33. The van der Waals surface area contributed by atoms with Gasteiger partial charge in [-0.05, 0) is 38.5 Å². The van der Waals surface area contributed by atoms with Gasteiger partial charge in [0.15, 0.2) is 23.0 Å². The molecule has 2 aromatic rings. The van der Waals surface area contributed by atoms with E-state index in [4.69, 9.17) is 24.9 Å². The summed E-state index contributed by atoms with van der Waals surface area (Å²) in [6.07, 6.45) is 0.749. The van der Waals surface area contributed by atoms with E-state index in [-0.39, 0.29) is 30.2 Å². The number of nitrogens with zero attached hydrogens (tertiary/aromatic N) is 2. The minimum Gasteiger partial charge on any atom is -0.485 e. The summed E-state index contributed by atoms with van der Waals surface area (Å²) in [4.78, 5) is 22.1. The predicted molar refractivity (Wildman–Crippen MR) is 122 cm³/mol. The average Bonchev–Trinajstić information content (AvgIpc) is 3.09. The van der Waals surface area contributed by atoms with Crippen LogP contribution in [-0.2, 0) is 27.5 Å². The molecule has 1 aliphatic rings. The van der Waals surface area contributed by atoms with Gasteiger partial charge in [-0.2, -0.15) is 0 Å². The molecule has 32 heavy (non-hydrogen) atoms. The van der Waals surface area contributed by atoms with Gasteiger partial charge >= 0.3 is 0 Å². The number of fused-ring (bicyclic) bond motifs is 1. The number of ether oxygens (including phenoxy) is 2. The number of rotatable bonds is 9. The second-order valence-corrected chi connectivity index (χ2v) is 8.06. The maximum atomic E-state index is 12.3. The van der Waals surface area contributed by atoms with E-state index in [1.54, 1.807) is 6.07 Å². The van der Waals surface area contributed by atoms with Crippen molar-refractivity contribution >= 4 is 17.2 Å². The molecule has 0 saturated heterocycles. The van der Waals surface area contributed by atoms with Crippen LogP contribution < -0.4 is 15.2 Å². The summed E-state index contributed by atoms with van der Waals surface area (Å²) < 4.78 is 12.4. The lowest BCUT2D eigenvalue weighted by Gasteiger charge is -2.19. The van der Waals surface area contributed by atoms with E-state index in [9.17, 15) is 4.79 Å². The molecular formula is C24H29N3O5. The van der Waals surface area contributed by atoms with Crippen LogP contribution >= 0.6 is 0 Å². The third kappa shape index (κ3) is 5.08. The lowest BCUT2D eigenvalue weighted by atomic mass is 9.98. The van der Waals surface area contributed by atoms with Gasteiger partial charge in [-0.3, -0.25) is 4.79 Å². The quantitative estimate of drug-likeness (QED) is 0.475. The smallest absolute Gasteiger partial charge is 0.198 e. The zero-order valence-electron chi connectivity index (χ0n) is 19.1. The molecule has 0 spiro atoms. The fourth-order valence-electron chi connectivity index (χ4n) is 3.65. The first-order valence-corrected chi connectivity index (χ1v) is 10.3. The Labute approximate surface area is 188 Å². The first-order valence-electron chi connectivity index (χ1n) is 10.3. The number of carbonyl (C=O) groups excluding carboxylic acids is 1. The van der Waals surface area contributed by atoms with Gasteiger partial charge in [0.2, 0.25) is 0 Å². The van der Waals surface area contributed by atoms with Gasteiger partial charge < -0.3 is 24.9 Å². The molecule has 0 amide bonds. The van der Waals surface area contributed by atoms with Gasteiger partial charge in [0, 0.05) is 23.1 Å². The Morgan fingerprint density at radius 3 is 2.56 bits per heavy atom. The number of carbonyl (C=O) groups is 1. The molecule has 0 aromatic heterocycles. The Bertz CT molecular complexity index is 1060. The Kier molecular flexibility index (Phi) is 7.15. The number of nitrogens with two attached hydrogens (primary N) is 1. The molecule has 0 radical (unpaired) electrons. The van der Waals surface area contributed by atoms with Gasteiger partial charge in [0.25, 0.3) is 0 Å². The SMILES string of the molecule is CON=C(C)c1cc2c(c(OCc3ccccc3C(=NOC)C(=O)CN)c1)OC(C)(C)C2. The van der Waals surface area contributed by atoms with Crippen LogP contribution in [0, 0.1) is 0 Å². The van der Waals surface area contributed by atoms with Crippen molar-refractivity contribution in [3.8, 4) is 11.5 Å². The average molecular weight is 440 g/mol. The zero-order valence-corrected chi connectivity index (χ0v) is 19.1. The van der Waals surface area contributed by atoms with Gasteiger partial charge in [-0.25, -0.2) is 0 Å². The highest BCUT2D eigenvalue weighted by Crippen LogP contribution is 2.43. The molecule has 0 bridgehead atoms. The fourth-order valence-corrected chi connectivity index (χ4v) is 3.65. The molecular weight excluding hydrogens is 410 g/mol. The van der Waals surface area contributed by atoms with E-state index < -0.39 is 0 Å². The van der Waals surface area contributed by atoms with E-state index in [1.807, 2.05) is 51.1 Å². The van der Waals surface area contributed by atoms with E-state index in [0.717, 1.165) is 28.8 Å². The Hall–Kier alpha value is -3.39. The summed E-state index contributed by atoms with van der Waals surface area (Å²) in [6, 6.07) is 11.3. The largest absolute Gasteiger partial charge is 0.485 e. The van der Waals surface area contributed by atoms with Crippen LogP contribution in [0.1, 0.15) is 43.0 Å². The number of oxime groups is 2. The zero-order chi connectivity index (χ0) is 23.3. The van der Waals surface area contributed by atoms with Crippen LogP contribution in [-0.4, -0.2) is 43.6 Å². The van der Waals surface area contributed by atoms with Crippen molar-refractivity contribution in [2.75, 3.05) is 20.8 Å². The summed E-state index contributed by atoms with van der Waals surface area (Å²) >= 11 is 0. The van der Waals surface area contributed by atoms with E-state index in [1.165, 1.54) is 14.2 Å². The topological polar surface area (TPSA) is 105 Å². The molecule has 3 rings (SSSR count). The van der Waals surface area contributed by atoms with Crippen LogP contribution in [0.3, 0.4) is 0 Å². The highest BCUT2D eigenvalue weighted by molar-refractivity contribution is 6.47. The molecule has 1 heterocycles. The van der Waals surface area contributed by atoms with Crippen LogP contribution in [0.4, 0.5) is 0 Å². The van der Waals surface area contributed by atoms with Crippen LogP contribution in [0.25, 0.3) is 0 Å². The van der Waals surface area contributed by atoms with Crippen molar-refractivity contribution in [3.63, 3.8) is 0 Å². The summed E-state index contributed by atoms with van der Waals surface area (Å²) in [5, 5.41) is 7.94. The van der Waals surface area contributed by atoms with E-state index in [2.05, 4.69) is 10.3 Å². The molecule has 0 saturated carbocycles. The lowest BCUT2D eigenvalue weighted by Crippen LogP contribution is -2.25. The number of hydrogen-bond donors (Lipinski definition) is 1. The van der Waals surface area contributed by atoms with Gasteiger partial charge in [-0.1, -0.05) is 34.6 Å². The van der Waals surface area contributed by atoms with Gasteiger partial charge in [0.05, 0.1) is 12.3 Å². The third-order valence-corrected chi connectivity index (χ3v) is 5.06. The van der Waals surface area contributed by atoms with Crippen molar-refractivity contribution in [2.45, 2.75) is 39.4 Å². The number of Topliss-reactive ketones (excluding diaryl/α,β-unsaturated/α-hetero) is 1. The monoisotopic (exact) mass is 439 g/mol. The van der Waals surface area contributed by atoms with E-state index >= 15 is 0 Å². The highest BCUT2D eigenvalue weighted by atomic mass is 16.6. The van der Waals surface area contributed by atoms with Crippen molar-refractivity contribution in [3.05, 3.63) is 58.7 Å².